The normalized spacial score (nSPS) is 11.6. The van der Waals surface area contributed by atoms with E-state index in [1.54, 1.807) is 42.5 Å². The number of ketones is 1. The average Bonchev–Trinajstić information content (AvgIpc) is 3.30. The summed E-state index contributed by atoms with van der Waals surface area (Å²) in [6.07, 6.45) is 0.530. The van der Waals surface area contributed by atoms with Crippen LogP contribution < -0.4 is 4.72 Å². The van der Waals surface area contributed by atoms with Crippen LogP contribution in [0.1, 0.15) is 64.6 Å². The number of carbonyl (C=O) groups is 1. The number of rotatable bonds is 12. The summed E-state index contributed by atoms with van der Waals surface area (Å²) in [5.74, 6) is -0.104. The maximum absolute atomic E-state index is 13.5. The van der Waals surface area contributed by atoms with Crippen molar-refractivity contribution in [3.05, 3.63) is 129 Å². The number of Topliss-reactive ketones (excluding diaryl/α,β-unsaturated/α-hetero) is 1. The predicted octanol–water partition coefficient (Wildman–Crippen LogP) is 6.17. The van der Waals surface area contributed by atoms with Crippen LogP contribution in [0.4, 0.5) is 5.69 Å². The van der Waals surface area contributed by atoms with Crippen molar-refractivity contribution in [2.75, 3.05) is 0 Å². The zero-order valence-electron chi connectivity index (χ0n) is 22.8. The van der Waals surface area contributed by atoms with E-state index >= 15 is 0 Å². The molecule has 3 aromatic carbocycles. The van der Waals surface area contributed by atoms with Crippen molar-refractivity contribution in [3.8, 4) is 0 Å². The predicted molar refractivity (Wildman–Crippen MR) is 155 cm³/mol. The van der Waals surface area contributed by atoms with Crippen molar-refractivity contribution >= 4 is 21.5 Å². The molecule has 0 radical (unpaired) electrons. The number of aryl methyl sites for hydroxylation is 2. The van der Waals surface area contributed by atoms with Gasteiger partial charge in [-0.05, 0) is 48.6 Å². The lowest BCUT2D eigenvalue weighted by molar-refractivity contribution is -0.384. The first-order valence-corrected chi connectivity index (χ1v) is 14.6. The summed E-state index contributed by atoms with van der Waals surface area (Å²) in [6.45, 7) is 6.41. The molecule has 0 saturated heterocycles. The van der Waals surface area contributed by atoms with Crippen molar-refractivity contribution in [1.29, 1.82) is 0 Å². The highest BCUT2D eigenvalue weighted by atomic mass is 32.2. The van der Waals surface area contributed by atoms with Gasteiger partial charge in [-0.3, -0.25) is 14.9 Å². The number of benzene rings is 3. The molecule has 0 spiro atoms. The van der Waals surface area contributed by atoms with Gasteiger partial charge in [0.25, 0.3) is 5.69 Å². The average molecular weight is 560 g/mol. The molecule has 0 amide bonds. The number of sulfonamides is 1. The van der Waals surface area contributed by atoms with Gasteiger partial charge in [-0.1, -0.05) is 74.0 Å². The molecule has 0 aliphatic heterocycles. The number of aromatic nitrogens is 1. The van der Waals surface area contributed by atoms with Gasteiger partial charge in [-0.2, -0.15) is 0 Å². The summed E-state index contributed by atoms with van der Waals surface area (Å²) in [5.41, 5.74) is 4.75. The number of carbonyl (C=O) groups excluding carboxylic acids is 1. The van der Waals surface area contributed by atoms with Crippen molar-refractivity contribution in [1.82, 2.24) is 9.29 Å². The Balaban J connectivity index is 1.65. The molecule has 0 bridgehead atoms. The van der Waals surface area contributed by atoms with Crippen LogP contribution in [-0.4, -0.2) is 23.7 Å². The van der Waals surface area contributed by atoms with Crippen molar-refractivity contribution < 1.29 is 18.1 Å². The van der Waals surface area contributed by atoms with E-state index in [-0.39, 0.29) is 35.2 Å². The quantitative estimate of drug-likeness (QED) is 0.127. The topological polar surface area (TPSA) is 111 Å². The molecule has 0 aliphatic carbocycles. The van der Waals surface area contributed by atoms with Crippen LogP contribution in [0.15, 0.2) is 89.8 Å². The van der Waals surface area contributed by atoms with Gasteiger partial charge in [0.2, 0.25) is 10.0 Å². The second-order valence-corrected chi connectivity index (χ2v) is 11.9. The zero-order chi connectivity index (χ0) is 28.9. The number of nitrogens with zero attached hydrogens (tertiary/aromatic N) is 2. The fourth-order valence-corrected chi connectivity index (χ4v) is 5.75. The Labute approximate surface area is 234 Å². The Morgan fingerprint density at radius 1 is 0.950 bits per heavy atom. The van der Waals surface area contributed by atoms with Gasteiger partial charge in [-0.25, -0.2) is 13.1 Å². The van der Waals surface area contributed by atoms with E-state index in [1.165, 1.54) is 12.1 Å². The molecular formula is C31H33N3O5S. The van der Waals surface area contributed by atoms with Crippen molar-refractivity contribution in [2.45, 2.75) is 57.5 Å². The van der Waals surface area contributed by atoms with Crippen LogP contribution in [-0.2, 0) is 29.5 Å². The largest absolute Gasteiger partial charge is 0.342 e. The highest BCUT2D eigenvalue weighted by molar-refractivity contribution is 7.89. The summed E-state index contributed by atoms with van der Waals surface area (Å²) < 4.78 is 30.8. The Bertz CT molecular complexity index is 1610. The van der Waals surface area contributed by atoms with Gasteiger partial charge < -0.3 is 4.57 Å². The summed E-state index contributed by atoms with van der Waals surface area (Å²) in [5, 5.41) is 11.1. The minimum Gasteiger partial charge on any atom is -0.342 e. The molecule has 9 heteroatoms. The van der Waals surface area contributed by atoms with Crippen LogP contribution in [0.25, 0.3) is 0 Å². The summed E-state index contributed by atoms with van der Waals surface area (Å²) in [7, 11) is -3.77. The summed E-state index contributed by atoms with van der Waals surface area (Å²) in [4.78, 5) is 24.4. The lowest BCUT2D eigenvalue weighted by atomic mass is 9.98. The minimum absolute atomic E-state index is 0.00928. The molecule has 208 valence electrons. The van der Waals surface area contributed by atoms with Gasteiger partial charge in [-0.15, -0.1) is 0 Å². The van der Waals surface area contributed by atoms with E-state index < -0.39 is 14.9 Å². The van der Waals surface area contributed by atoms with Crippen LogP contribution in [0.3, 0.4) is 0 Å². The minimum atomic E-state index is -3.77. The number of non-ortho nitro benzene ring substituents is 1. The molecule has 0 atom stereocenters. The van der Waals surface area contributed by atoms with Crippen molar-refractivity contribution in [3.63, 3.8) is 0 Å². The highest BCUT2D eigenvalue weighted by Crippen LogP contribution is 2.28. The molecule has 0 unspecified atom stereocenters. The molecular weight excluding hydrogens is 526 g/mol. The third-order valence-electron chi connectivity index (χ3n) is 6.79. The molecule has 1 aromatic heterocycles. The van der Waals surface area contributed by atoms with Gasteiger partial charge in [0.1, 0.15) is 0 Å². The smallest absolute Gasteiger partial charge is 0.269 e. The fraction of sp³-hybridized carbons (Fsp3) is 0.258. The standard InChI is InChI=1S/C31H33N3O5S/c1-22(2)31-29(30(35)17-14-24-10-7-11-26(18-24)34(36)37)19-27(33(31)21-25-8-5-4-6-9-25)20-32-40(38,39)28-15-12-23(3)13-16-28/h4-13,15-16,18-19,22,32H,14,17,20-21H2,1-3H3. The summed E-state index contributed by atoms with van der Waals surface area (Å²) in [6, 6.07) is 24.5. The lowest BCUT2D eigenvalue weighted by Crippen LogP contribution is -2.25. The van der Waals surface area contributed by atoms with Crippen LogP contribution in [0.2, 0.25) is 0 Å². The van der Waals surface area contributed by atoms with E-state index in [1.807, 2.05) is 55.7 Å². The lowest BCUT2D eigenvalue weighted by Gasteiger charge is -2.18. The molecule has 1 heterocycles. The molecule has 8 nitrogen and oxygen atoms in total. The number of nitro groups is 1. The van der Waals surface area contributed by atoms with E-state index in [0.717, 1.165) is 16.8 Å². The number of hydrogen-bond acceptors (Lipinski definition) is 5. The first-order valence-electron chi connectivity index (χ1n) is 13.1. The first-order chi connectivity index (χ1) is 19.0. The maximum Gasteiger partial charge on any atom is 0.269 e. The molecule has 4 rings (SSSR count). The molecule has 0 fully saturated rings. The summed E-state index contributed by atoms with van der Waals surface area (Å²) >= 11 is 0. The Morgan fingerprint density at radius 2 is 1.62 bits per heavy atom. The van der Waals surface area contributed by atoms with Crippen molar-refractivity contribution in [2.24, 2.45) is 0 Å². The third-order valence-corrected chi connectivity index (χ3v) is 8.21. The van der Waals surface area contributed by atoms with E-state index in [0.29, 0.717) is 29.8 Å². The second kappa shape index (κ2) is 12.4. The Hall–Kier alpha value is -4.08. The van der Waals surface area contributed by atoms with Crippen LogP contribution in [0.5, 0.6) is 0 Å². The Kier molecular flexibility index (Phi) is 8.96. The van der Waals surface area contributed by atoms with E-state index in [4.69, 9.17) is 0 Å². The number of nitro benzene ring substituents is 1. The molecule has 40 heavy (non-hydrogen) atoms. The van der Waals surface area contributed by atoms with Gasteiger partial charge >= 0.3 is 0 Å². The van der Waals surface area contributed by atoms with Crippen LogP contribution in [0, 0.1) is 17.0 Å². The SMILES string of the molecule is Cc1ccc(S(=O)(=O)NCc2cc(C(=O)CCc3cccc([N+](=O)[O-])c3)c(C(C)C)n2Cc2ccccc2)cc1. The molecule has 1 N–H and O–H groups in total. The van der Waals surface area contributed by atoms with Crippen LogP contribution >= 0.6 is 0 Å². The molecule has 4 aromatic rings. The fourth-order valence-electron chi connectivity index (χ4n) is 4.75. The van der Waals surface area contributed by atoms with E-state index in [2.05, 4.69) is 4.72 Å². The number of hydrogen-bond donors (Lipinski definition) is 1. The monoisotopic (exact) mass is 559 g/mol. The highest BCUT2D eigenvalue weighted by Gasteiger charge is 2.24. The number of nitrogens with one attached hydrogen (secondary N) is 1. The van der Waals surface area contributed by atoms with Gasteiger partial charge in [0, 0.05) is 42.0 Å². The maximum atomic E-state index is 13.5. The molecule has 0 aliphatic rings. The Morgan fingerprint density at radius 3 is 2.27 bits per heavy atom. The first kappa shape index (κ1) is 28.9. The van der Waals surface area contributed by atoms with Gasteiger partial charge in [0.05, 0.1) is 16.4 Å². The van der Waals surface area contributed by atoms with E-state index in [9.17, 15) is 23.3 Å². The second-order valence-electron chi connectivity index (χ2n) is 10.1. The van der Waals surface area contributed by atoms with Gasteiger partial charge in [0.15, 0.2) is 5.78 Å². The molecule has 0 saturated carbocycles. The zero-order valence-corrected chi connectivity index (χ0v) is 23.6. The third kappa shape index (κ3) is 6.91.